The molecule has 0 aliphatic heterocycles. The number of likely N-dealkylation sites (N-methyl/N-ethyl adjacent to an activating group) is 1. The van der Waals surface area contributed by atoms with Gasteiger partial charge in [-0.2, -0.15) is 0 Å². The molecule has 3 aromatic rings. The van der Waals surface area contributed by atoms with Crippen molar-refractivity contribution in [3.05, 3.63) is 82.6 Å². The van der Waals surface area contributed by atoms with Gasteiger partial charge in [0.1, 0.15) is 12.6 Å². The number of nitrogens with one attached hydrogen (secondary N) is 1. The number of thiazole rings is 1. The van der Waals surface area contributed by atoms with Gasteiger partial charge in [-0.05, 0) is 42.4 Å². The summed E-state index contributed by atoms with van der Waals surface area (Å²) in [6.45, 7) is 4.51. The fourth-order valence-electron chi connectivity index (χ4n) is 6.69. The summed E-state index contributed by atoms with van der Waals surface area (Å²) in [5, 5.41) is 27.9. The monoisotopic (exact) mass is 705 g/mol. The van der Waals surface area contributed by atoms with Gasteiger partial charge in [-0.3, -0.25) is 19.4 Å². The summed E-state index contributed by atoms with van der Waals surface area (Å²) in [5.74, 6) is -1.15. The van der Waals surface area contributed by atoms with E-state index in [-0.39, 0.29) is 49.6 Å². The summed E-state index contributed by atoms with van der Waals surface area (Å²) >= 11 is 1.42. The molecule has 1 saturated carbocycles. The number of carbonyl (C=O) groups is 3. The van der Waals surface area contributed by atoms with Crippen molar-refractivity contribution in [3.8, 4) is 0 Å². The first-order chi connectivity index (χ1) is 24.1. The van der Waals surface area contributed by atoms with Crippen LogP contribution in [0.3, 0.4) is 0 Å². The Labute approximate surface area is 301 Å². The third-order valence-electron chi connectivity index (χ3n) is 9.61. The van der Waals surface area contributed by atoms with E-state index in [9.17, 15) is 24.6 Å². The van der Waals surface area contributed by atoms with Crippen molar-refractivity contribution in [1.82, 2.24) is 25.1 Å². The van der Waals surface area contributed by atoms with E-state index in [1.807, 2.05) is 67.8 Å². The van der Waals surface area contributed by atoms with E-state index in [4.69, 9.17) is 0 Å². The molecule has 10 nitrogen and oxygen atoms in total. The number of amides is 3. The van der Waals surface area contributed by atoms with E-state index < -0.39 is 24.2 Å². The number of nitrogens with zero attached hydrogens (tertiary/aromatic N) is 4. The SMILES string of the molecule is CC(C)C[C@H](O)[C@H](O)[C@H](CC1CCCCC1)NC(=O)[C@@H](CC(=O)N(CC(=O)N(C)CCc1ccccn1)Cc1ccccc1)Cc1nccs1. The Morgan fingerprint density at radius 3 is 2.36 bits per heavy atom. The highest BCUT2D eigenvalue weighted by atomic mass is 32.1. The molecule has 1 fully saturated rings. The maximum absolute atomic E-state index is 14.2. The molecule has 0 unspecified atom stereocenters. The largest absolute Gasteiger partial charge is 0.390 e. The molecule has 4 rings (SSSR count). The number of aliphatic hydroxyl groups is 2. The highest BCUT2D eigenvalue weighted by Crippen LogP contribution is 2.29. The molecule has 3 amide bonds. The van der Waals surface area contributed by atoms with Crippen molar-refractivity contribution in [3.63, 3.8) is 0 Å². The molecular formula is C39H55N5O5S. The van der Waals surface area contributed by atoms with E-state index in [0.29, 0.717) is 31.7 Å². The van der Waals surface area contributed by atoms with Crippen LogP contribution in [-0.4, -0.2) is 86.1 Å². The Morgan fingerprint density at radius 2 is 1.70 bits per heavy atom. The third-order valence-corrected chi connectivity index (χ3v) is 10.4. The lowest BCUT2D eigenvalue weighted by molar-refractivity contribution is -0.142. The first kappa shape index (κ1) is 39.1. The molecule has 1 aliphatic carbocycles. The van der Waals surface area contributed by atoms with Gasteiger partial charge in [-0.25, -0.2) is 4.98 Å². The molecule has 0 saturated heterocycles. The summed E-state index contributed by atoms with van der Waals surface area (Å²) in [6, 6.07) is 14.5. The Kier molecular flexibility index (Phi) is 15.8. The standard InChI is InChI=1S/C39H55N5O5S/c1-28(2)22-34(45)38(48)33(23-29-12-6-4-7-13-29)42-39(49)31(24-35-41-19-21-50-35)25-36(46)44(26-30-14-8-5-9-15-30)27-37(47)43(3)20-17-32-16-10-11-18-40-32/h5,8-11,14-16,18-19,21,28-29,31,33-34,38,45,48H,4,6-7,12-13,17,20,22-27H2,1-3H3,(H,42,49)/t31-,33+,34+,38-/m1/s1. The Hall–Kier alpha value is -3.67. The molecule has 2 heterocycles. The van der Waals surface area contributed by atoms with Crippen molar-refractivity contribution >= 4 is 29.1 Å². The van der Waals surface area contributed by atoms with Crippen molar-refractivity contribution in [2.75, 3.05) is 20.1 Å². The second-order valence-electron chi connectivity index (χ2n) is 14.2. The minimum Gasteiger partial charge on any atom is -0.390 e. The maximum Gasteiger partial charge on any atom is 0.241 e. The lowest BCUT2D eigenvalue weighted by Gasteiger charge is -2.34. The Bertz CT molecular complexity index is 1440. The minimum absolute atomic E-state index is 0.135. The van der Waals surface area contributed by atoms with Crippen LogP contribution in [0.25, 0.3) is 0 Å². The number of rotatable bonds is 19. The smallest absolute Gasteiger partial charge is 0.241 e. The topological polar surface area (TPSA) is 136 Å². The number of aromatic nitrogens is 2. The van der Waals surface area contributed by atoms with Crippen molar-refractivity contribution in [2.45, 2.75) is 103 Å². The zero-order valence-corrected chi connectivity index (χ0v) is 30.6. The molecule has 0 radical (unpaired) electrons. The zero-order chi connectivity index (χ0) is 35.9. The number of hydrogen-bond acceptors (Lipinski definition) is 8. The van der Waals surface area contributed by atoms with Crippen LogP contribution < -0.4 is 5.32 Å². The first-order valence-corrected chi connectivity index (χ1v) is 19.0. The Balaban J connectivity index is 1.52. The van der Waals surface area contributed by atoms with Gasteiger partial charge < -0.3 is 25.3 Å². The van der Waals surface area contributed by atoms with E-state index in [1.54, 1.807) is 24.3 Å². The van der Waals surface area contributed by atoms with Gasteiger partial charge in [-0.1, -0.05) is 82.3 Å². The minimum atomic E-state index is -1.13. The summed E-state index contributed by atoms with van der Waals surface area (Å²) in [6.07, 6.45) is 8.44. The molecule has 1 aromatic carbocycles. The van der Waals surface area contributed by atoms with Crippen molar-refractivity contribution in [1.29, 1.82) is 0 Å². The van der Waals surface area contributed by atoms with Crippen LogP contribution in [0.2, 0.25) is 0 Å². The van der Waals surface area contributed by atoms with Crippen molar-refractivity contribution < 1.29 is 24.6 Å². The highest BCUT2D eigenvalue weighted by Gasteiger charge is 2.34. The van der Waals surface area contributed by atoms with Gasteiger partial charge in [0.2, 0.25) is 17.7 Å². The van der Waals surface area contributed by atoms with Crippen LogP contribution in [0.5, 0.6) is 0 Å². The van der Waals surface area contributed by atoms with Crippen LogP contribution in [-0.2, 0) is 33.8 Å². The van der Waals surface area contributed by atoms with Gasteiger partial charge in [0.05, 0.1) is 23.1 Å². The lowest BCUT2D eigenvalue weighted by atomic mass is 9.82. The summed E-state index contributed by atoms with van der Waals surface area (Å²) in [5.41, 5.74) is 1.75. The molecule has 0 bridgehead atoms. The summed E-state index contributed by atoms with van der Waals surface area (Å²) in [7, 11) is 1.72. The van der Waals surface area contributed by atoms with Crippen molar-refractivity contribution in [2.24, 2.45) is 17.8 Å². The van der Waals surface area contributed by atoms with Gasteiger partial charge in [0, 0.05) is 62.9 Å². The number of carbonyl (C=O) groups excluding carboxylic acids is 3. The predicted octanol–water partition coefficient (Wildman–Crippen LogP) is 5.04. The molecule has 272 valence electrons. The fraction of sp³-hybridized carbons (Fsp3) is 0.564. The van der Waals surface area contributed by atoms with Gasteiger partial charge in [0.25, 0.3) is 0 Å². The van der Waals surface area contributed by atoms with Gasteiger partial charge in [-0.15, -0.1) is 11.3 Å². The fourth-order valence-corrected chi connectivity index (χ4v) is 7.39. The Morgan fingerprint density at radius 1 is 0.960 bits per heavy atom. The zero-order valence-electron chi connectivity index (χ0n) is 29.8. The highest BCUT2D eigenvalue weighted by molar-refractivity contribution is 7.09. The van der Waals surface area contributed by atoms with Crippen LogP contribution in [0.1, 0.15) is 81.5 Å². The summed E-state index contributed by atoms with van der Waals surface area (Å²) < 4.78 is 0. The van der Waals surface area contributed by atoms with E-state index in [0.717, 1.165) is 41.9 Å². The number of benzene rings is 1. The van der Waals surface area contributed by atoms with E-state index in [1.165, 1.54) is 22.7 Å². The number of aliphatic hydroxyl groups excluding tert-OH is 2. The van der Waals surface area contributed by atoms with Gasteiger partial charge >= 0.3 is 0 Å². The average molecular weight is 706 g/mol. The number of hydrogen-bond donors (Lipinski definition) is 3. The number of pyridine rings is 1. The predicted molar refractivity (Wildman–Crippen MR) is 196 cm³/mol. The molecule has 50 heavy (non-hydrogen) atoms. The normalized spacial score (nSPS) is 16.0. The van der Waals surface area contributed by atoms with E-state index in [2.05, 4.69) is 15.3 Å². The van der Waals surface area contributed by atoms with Crippen LogP contribution in [0.15, 0.2) is 66.3 Å². The molecule has 11 heteroatoms. The molecular weight excluding hydrogens is 651 g/mol. The van der Waals surface area contributed by atoms with Gasteiger partial charge in [0.15, 0.2) is 0 Å². The average Bonchev–Trinajstić information content (AvgIpc) is 3.63. The van der Waals surface area contributed by atoms with E-state index >= 15 is 0 Å². The quantitative estimate of drug-likeness (QED) is 0.159. The summed E-state index contributed by atoms with van der Waals surface area (Å²) in [4.78, 5) is 53.7. The molecule has 3 N–H and O–H groups in total. The van der Waals surface area contributed by atoms with Crippen LogP contribution >= 0.6 is 11.3 Å². The maximum atomic E-state index is 14.2. The second-order valence-corrected chi connectivity index (χ2v) is 15.2. The molecule has 4 atom stereocenters. The lowest BCUT2D eigenvalue weighted by Crippen LogP contribution is -2.52. The molecule has 1 aliphatic rings. The third kappa shape index (κ3) is 12.9. The molecule has 2 aromatic heterocycles. The van der Waals surface area contributed by atoms with Crippen LogP contribution in [0.4, 0.5) is 0 Å². The van der Waals surface area contributed by atoms with Crippen LogP contribution in [0, 0.1) is 17.8 Å². The molecule has 0 spiro atoms. The first-order valence-electron chi connectivity index (χ1n) is 18.1. The second kappa shape index (κ2) is 20.2.